The van der Waals surface area contributed by atoms with Crippen LogP contribution in [0.1, 0.15) is 49.0 Å². The van der Waals surface area contributed by atoms with Crippen LogP contribution in [0.3, 0.4) is 0 Å². The number of halogens is 1. The van der Waals surface area contributed by atoms with Gasteiger partial charge in [0, 0.05) is 21.5 Å². The molecule has 158 valence electrons. The molecule has 1 saturated carbocycles. The van der Waals surface area contributed by atoms with Gasteiger partial charge < -0.3 is 10.2 Å². The number of amides is 2. The Balaban J connectivity index is 1.56. The summed E-state index contributed by atoms with van der Waals surface area (Å²) in [4.78, 5) is 28.5. The maximum Gasteiger partial charge on any atom is 0.251 e. The summed E-state index contributed by atoms with van der Waals surface area (Å²) < 4.78 is 0. The van der Waals surface area contributed by atoms with Crippen molar-refractivity contribution >= 4 is 40.9 Å². The Labute approximate surface area is 187 Å². The maximum absolute atomic E-state index is 13.0. The molecule has 1 heterocycles. The highest BCUT2D eigenvalue weighted by Gasteiger charge is 2.30. The van der Waals surface area contributed by atoms with Crippen molar-refractivity contribution in [2.75, 3.05) is 10.7 Å². The highest BCUT2D eigenvalue weighted by atomic mass is 35.5. The van der Waals surface area contributed by atoms with Crippen molar-refractivity contribution in [1.29, 1.82) is 0 Å². The second-order valence-corrected chi connectivity index (χ2v) is 9.88. The topological polar surface area (TPSA) is 49.4 Å². The van der Waals surface area contributed by atoms with E-state index in [0.717, 1.165) is 29.0 Å². The predicted octanol–water partition coefficient (Wildman–Crippen LogP) is 5.53. The number of nitrogens with zero attached hydrogens (tertiary/aromatic N) is 1. The molecule has 4 nitrogen and oxygen atoms in total. The minimum absolute atomic E-state index is 0.0507. The Morgan fingerprint density at radius 2 is 1.93 bits per heavy atom. The van der Waals surface area contributed by atoms with E-state index in [1.165, 1.54) is 18.2 Å². The molecule has 30 heavy (non-hydrogen) atoms. The van der Waals surface area contributed by atoms with Crippen LogP contribution in [0.25, 0.3) is 0 Å². The van der Waals surface area contributed by atoms with Gasteiger partial charge in [0.1, 0.15) is 0 Å². The Morgan fingerprint density at radius 3 is 2.70 bits per heavy atom. The molecule has 1 fully saturated rings. The minimum Gasteiger partial charge on any atom is -0.349 e. The van der Waals surface area contributed by atoms with Crippen LogP contribution in [0.5, 0.6) is 0 Å². The molecular weight excluding hydrogens is 416 g/mol. The lowest BCUT2D eigenvalue weighted by atomic mass is 9.78. The number of thioether (sulfide) groups is 1. The van der Waals surface area contributed by atoms with Gasteiger partial charge in [-0.25, -0.2) is 0 Å². The minimum atomic E-state index is -0.0572. The molecule has 2 aromatic carbocycles. The number of rotatable bonds is 4. The molecule has 2 aromatic rings. The van der Waals surface area contributed by atoms with Gasteiger partial charge in [0.2, 0.25) is 5.91 Å². The number of nitrogens with one attached hydrogen (secondary N) is 1. The Kier molecular flexibility index (Phi) is 6.40. The highest BCUT2D eigenvalue weighted by molar-refractivity contribution is 8.00. The zero-order valence-corrected chi connectivity index (χ0v) is 18.9. The third-order valence-corrected chi connectivity index (χ3v) is 7.74. The number of carbonyl (C=O) groups is 2. The quantitative estimate of drug-likeness (QED) is 0.676. The van der Waals surface area contributed by atoms with Gasteiger partial charge in [-0.15, -0.1) is 11.8 Å². The summed E-state index contributed by atoms with van der Waals surface area (Å²) in [6, 6.07) is 13.4. The first kappa shape index (κ1) is 21.3. The third-order valence-electron chi connectivity index (χ3n) is 6.44. The van der Waals surface area contributed by atoms with Crippen LogP contribution >= 0.6 is 23.4 Å². The second kappa shape index (κ2) is 9.03. The van der Waals surface area contributed by atoms with Crippen molar-refractivity contribution in [2.24, 2.45) is 11.8 Å². The molecule has 2 aliphatic rings. The van der Waals surface area contributed by atoms with Gasteiger partial charge >= 0.3 is 0 Å². The molecule has 1 aliphatic carbocycles. The van der Waals surface area contributed by atoms with Crippen LogP contribution in [0.2, 0.25) is 5.02 Å². The first-order chi connectivity index (χ1) is 14.4. The van der Waals surface area contributed by atoms with E-state index in [2.05, 4.69) is 19.2 Å². The van der Waals surface area contributed by atoms with Crippen LogP contribution < -0.4 is 10.2 Å². The zero-order chi connectivity index (χ0) is 21.3. The van der Waals surface area contributed by atoms with Gasteiger partial charge in [0.05, 0.1) is 18.0 Å². The van der Waals surface area contributed by atoms with Crippen molar-refractivity contribution in [3.8, 4) is 0 Å². The van der Waals surface area contributed by atoms with E-state index in [9.17, 15) is 9.59 Å². The number of hydrogen-bond donors (Lipinski definition) is 1. The number of anilines is 1. The van der Waals surface area contributed by atoms with Gasteiger partial charge in [-0.05, 0) is 54.2 Å². The number of hydrogen-bond acceptors (Lipinski definition) is 3. The summed E-state index contributed by atoms with van der Waals surface area (Å²) >= 11 is 7.52. The Morgan fingerprint density at radius 1 is 1.17 bits per heavy atom. The molecular formula is C24H27ClN2O2S. The SMILES string of the molecule is C[C@@H]1[C@H](C)CCC[C@@H]1NC(=O)c1ccc2c(c1)N(Cc1ccc(Cl)cc1)C(=O)CS2. The molecule has 0 spiro atoms. The van der Waals surface area contributed by atoms with E-state index in [1.807, 2.05) is 42.5 Å². The largest absolute Gasteiger partial charge is 0.349 e. The third kappa shape index (κ3) is 4.52. The average molecular weight is 443 g/mol. The van der Waals surface area contributed by atoms with Gasteiger partial charge in [-0.2, -0.15) is 0 Å². The number of benzene rings is 2. The molecule has 0 radical (unpaired) electrons. The van der Waals surface area contributed by atoms with E-state index in [-0.39, 0.29) is 17.9 Å². The Bertz CT molecular complexity index is 947. The number of carbonyl (C=O) groups excluding carboxylic acids is 2. The van der Waals surface area contributed by atoms with Crippen molar-refractivity contribution < 1.29 is 9.59 Å². The molecule has 0 unspecified atom stereocenters. The van der Waals surface area contributed by atoms with Gasteiger partial charge in [0.25, 0.3) is 5.91 Å². The van der Waals surface area contributed by atoms with Gasteiger partial charge in [0.15, 0.2) is 0 Å². The van der Waals surface area contributed by atoms with E-state index in [0.29, 0.717) is 34.7 Å². The van der Waals surface area contributed by atoms with E-state index in [4.69, 9.17) is 11.6 Å². The molecule has 1 N–H and O–H groups in total. The Hall–Kier alpha value is -1.98. The number of fused-ring (bicyclic) bond motifs is 1. The summed E-state index contributed by atoms with van der Waals surface area (Å²) in [6.45, 7) is 4.95. The first-order valence-corrected chi connectivity index (χ1v) is 11.9. The smallest absolute Gasteiger partial charge is 0.251 e. The monoisotopic (exact) mass is 442 g/mol. The lowest BCUT2D eigenvalue weighted by Gasteiger charge is -2.34. The normalized spacial score (nSPS) is 23.8. The van der Waals surface area contributed by atoms with Crippen LogP contribution in [-0.4, -0.2) is 23.6 Å². The molecule has 0 aromatic heterocycles. The maximum atomic E-state index is 13.0. The molecule has 6 heteroatoms. The first-order valence-electron chi connectivity index (χ1n) is 10.5. The fourth-order valence-corrected chi connectivity index (χ4v) is 5.37. The van der Waals surface area contributed by atoms with E-state index in [1.54, 1.807) is 4.90 Å². The van der Waals surface area contributed by atoms with Gasteiger partial charge in [-0.3, -0.25) is 9.59 Å². The lowest BCUT2D eigenvalue weighted by Crippen LogP contribution is -2.43. The van der Waals surface area contributed by atoms with E-state index >= 15 is 0 Å². The van der Waals surface area contributed by atoms with Crippen molar-refractivity contribution in [3.63, 3.8) is 0 Å². The van der Waals surface area contributed by atoms with E-state index < -0.39 is 0 Å². The van der Waals surface area contributed by atoms with Crippen LogP contribution in [0.4, 0.5) is 5.69 Å². The summed E-state index contributed by atoms with van der Waals surface area (Å²) in [6.07, 6.45) is 3.41. The van der Waals surface area contributed by atoms with Crippen molar-refractivity contribution in [1.82, 2.24) is 5.32 Å². The molecule has 0 saturated heterocycles. The van der Waals surface area contributed by atoms with Crippen molar-refractivity contribution in [3.05, 3.63) is 58.6 Å². The molecule has 0 bridgehead atoms. The standard InChI is InChI=1S/C24H27ClN2O2S/c1-15-4-3-5-20(16(15)2)26-24(29)18-8-11-22-21(12-18)27(23(28)14-30-22)13-17-6-9-19(25)10-7-17/h6-12,15-16,20H,3-5,13-14H2,1-2H3,(H,26,29)/t15-,16-,20+/m1/s1. The molecule has 3 atom stereocenters. The van der Waals surface area contributed by atoms with Crippen molar-refractivity contribution in [2.45, 2.75) is 50.6 Å². The van der Waals surface area contributed by atoms with Crippen LogP contribution in [0, 0.1) is 11.8 Å². The highest BCUT2D eigenvalue weighted by Crippen LogP contribution is 2.37. The fraction of sp³-hybridized carbons (Fsp3) is 0.417. The zero-order valence-electron chi connectivity index (χ0n) is 17.4. The summed E-state index contributed by atoms with van der Waals surface area (Å²) in [5.74, 6) is 1.49. The average Bonchev–Trinajstić information content (AvgIpc) is 2.74. The summed E-state index contributed by atoms with van der Waals surface area (Å²) in [5, 5.41) is 3.91. The lowest BCUT2D eigenvalue weighted by molar-refractivity contribution is -0.116. The fourth-order valence-electron chi connectivity index (χ4n) is 4.33. The predicted molar refractivity (Wildman–Crippen MR) is 123 cm³/mol. The molecule has 2 amide bonds. The van der Waals surface area contributed by atoms with Gasteiger partial charge in [-0.1, -0.05) is 50.4 Å². The van der Waals surface area contributed by atoms with Crippen LogP contribution in [0.15, 0.2) is 47.4 Å². The molecule has 4 rings (SSSR count). The second-order valence-electron chi connectivity index (χ2n) is 8.42. The summed E-state index contributed by atoms with van der Waals surface area (Å²) in [7, 11) is 0. The molecule has 1 aliphatic heterocycles. The van der Waals surface area contributed by atoms with Crippen LogP contribution in [-0.2, 0) is 11.3 Å². The summed E-state index contributed by atoms with van der Waals surface area (Å²) in [5.41, 5.74) is 2.42.